The predicted molar refractivity (Wildman–Crippen MR) is 76.1 cm³/mol. The Kier molecular flexibility index (Phi) is 3.06. The molecule has 1 N–H and O–H groups in total. The fourth-order valence-corrected chi connectivity index (χ4v) is 2.15. The van der Waals surface area contributed by atoms with Crippen molar-refractivity contribution < 1.29 is 0 Å². The van der Waals surface area contributed by atoms with Crippen molar-refractivity contribution in [1.82, 2.24) is 15.2 Å². The molecule has 1 aromatic carbocycles. The van der Waals surface area contributed by atoms with Crippen LogP contribution in [-0.2, 0) is 6.42 Å². The van der Waals surface area contributed by atoms with E-state index in [1.54, 1.807) is 6.20 Å². The molecule has 0 amide bonds. The van der Waals surface area contributed by atoms with Crippen LogP contribution in [0.4, 0.5) is 5.82 Å². The maximum absolute atomic E-state index is 4.34. The van der Waals surface area contributed by atoms with E-state index in [-0.39, 0.29) is 0 Å². The van der Waals surface area contributed by atoms with E-state index in [9.17, 15) is 0 Å². The van der Waals surface area contributed by atoms with Crippen molar-refractivity contribution in [1.29, 1.82) is 0 Å². The largest absolute Gasteiger partial charge is 0.371 e. The van der Waals surface area contributed by atoms with Crippen molar-refractivity contribution in [2.45, 2.75) is 6.42 Å². The first-order valence-electron chi connectivity index (χ1n) is 6.20. The van der Waals surface area contributed by atoms with Gasteiger partial charge in [0.2, 0.25) is 0 Å². The minimum Gasteiger partial charge on any atom is -0.371 e. The summed E-state index contributed by atoms with van der Waals surface area (Å²) in [7, 11) is 1.86. The van der Waals surface area contributed by atoms with E-state index in [1.807, 2.05) is 37.4 Å². The monoisotopic (exact) mass is 250 g/mol. The summed E-state index contributed by atoms with van der Waals surface area (Å²) in [6, 6.07) is 14.1. The van der Waals surface area contributed by atoms with Crippen LogP contribution >= 0.6 is 0 Å². The Bertz CT molecular complexity index is 695. The lowest BCUT2D eigenvalue weighted by Crippen LogP contribution is -2.02. The van der Waals surface area contributed by atoms with Gasteiger partial charge in [0.05, 0.1) is 5.69 Å². The first-order valence-corrected chi connectivity index (χ1v) is 6.20. The lowest BCUT2D eigenvalue weighted by Gasteiger charge is -2.08. The number of nitrogens with one attached hydrogen (secondary N) is 1. The maximum Gasteiger partial charge on any atom is 0.156 e. The highest BCUT2D eigenvalue weighted by molar-refractivity contribution is 5.93. The van der Waals surface area contributed by atoms with Gasteiger partial charge in [0.1, 0.15) is 0 Å². The molecule has 19 heavy (non-hydrogen) atoms. The van der Waals surface area contributed by atoms with Crippen molar-refractivity contribution in [2.75, 3.05) is 12.4 Å². The third-order valence-electron chi connectivity index (χ3n) is 3.08. The molecule has 4 heteroatoms. The first-order chi connectivity index (χ1) is 9.38. The van der Waals surface area contributed by atoms with Gasteiger partial charge in [-0.05, 0) is 12.1 Å². The molecule has 0 aliphatic carbocycles. The van der Waals surface area contributed by atoms with Gasteiger partial charge >= 0.3 is 0 Å². The average Bonchev–Trinajstić information content (AvgIpc) is 2.49. The standard InChI is InChI=1S/C15H14N4/c1-16-15-13-8-3-2-7-12(13)14(18-19-15)10-11-6-4-5-9-17-11/h2-9H,10H2,1H3,(H,16,19). The van der Waals surface area contributed by atoms with Gasteiger partial charge in [-0.2, -0.15) is 5.10 Å². The molecule has 3 rings (SSSR count). The van der Waals surface area contributed by atoms with E-state index in [4.69, 9.17) is 0 Å². The second-order valence-corrected chi connectivity index (χ2v) is 4.29. The third-order valence-corrected chi connectivity index (χ3v) is 3.08. The van der Waals surface area contributed by atoms with E-state index < -0.39 is 0 Å². The van der Waals surface area contributed by atoms with Crippen LogP contribution in [0.5, 0.6) is 0 Å². The van der Waals surface area contributed by atoms with Gasteiger partial charge in [0, 0.05) is 36.1 Å². The fraction of sp³-hybridized carbons (Fsp3) is 0.133. The Morgan fingerprint density at radius 2 is 1.74 bits per heavy atom. The number of nitrogens with zero attached hydrogens (tertiary/aromatic N) is 3. The summed E-state index contributed by atoms with van der Waals surface area (Å²) >= 11 is 0. The molecule has 0 saturated heterocycles. The van der Waals surface area contributed by atoms with Crippen molar-refractivity contribution in [3.63, 3.8) is 0 Å². The number of rotatable bonds is 3. The predicted octanol–water partition coefficient (Wildman–Crippen LogP) is 2.66. The van der Waals surface area contributed by atoms with Crippen LogP contribution in [0.15, 0.2) is 48.7 Å². The molecule has 2 aromatic heterocycles. The highest BCUT2D eigenvalue weighted by Gasteiger charge is 2.08. The van der Waals surface area contributed by atoms with Crippen LogP contribution in [0.2, 0.25) is 0 Å². The number of hydrogen-bond acceptors (Lipinski definition) is 4. The number of anilines is 1. The number of aromatic nitrogens is 3. The van der Waals surface area contributed by atoms with E-state index >= 15 is 0 Å². The smallest absolute Gasteiger partial charge is 0.156 e. The van der Waals surface area contributed by atoms with Crippen molar-refractivity contribution in [2.24, 2.45) is 0 Å². The topological polar surface area (TPSA) is 50.7 Å². The highest BCUT2D eigenvalue weighted by Crippen LogP contribution is 2.23. The third kappa shape index (κ3) is 2.25. The van der Waals surface area contributed by atoms with Crippen LogP contribution in [0.1, 0.15) is 11.4 Å². The number of benzene rings is 1. The summed E-state index contributed by atoms with van der Waals surface area (Å²) in [5, 5.41) is 13.8. The molecule has 0 bridgehead atoms. The quantitative estimate of drug-likeness (QED) is 0.776. The van der Waals surface area contributed by atoms with E-state index in [2.05, 4.69) is 32.6 Å². The number of fused-ring (bicyclic) bond motifs is 1. The molecule has 0 unspecified atom stereocenters. The number of pyridine rings is 1. The maximum atomic E-state index is 4.34. The summed E-state index contributed by atoms with van der Waals surface area (Å²) < 4.78 is 0. The summed E-state index contributed by atoms with van der Waals surface area (Å²) in [5.74, 6) is 0.806. The van der Waals surface area contributed by atoms with Gasteiger partial charge in [0.25, 0.3) is 0 Å². The van der Waals surface area contributed by atoms with Gasteiger partial charge < -0.3 is 5.32 Å². The zero-order valence-corrected chi connectivity index (χ0v) is 10.7. The van der Waals surface area contributed by atoms with Crippen LogP contribution in [-0.4, -0.2) is 22.2 Å². The molecular weight excluding hydrogens is 236 g/mol. The first kappa shape index (κ1) is 11.6. The van der Waals surface area contributed by atoms with Gasteiger partial charge in [-0.25, -0.2) is 0 Å². The lowest BCUT2D eigenvalue weighted by molar-refractivity contribution is 0.939. The molecule has 3 aromatic rings. The van der Waals surface area contributed by atoms with Gasteiger partial charge in [-0.1, -0.05) is 30.3 Å². The second-order valence-electron chi connectivity index (χ2n) is 4.29. The summed E-state index contributed by atoms with van der Waals surface area (Å²) in [6.07, 6.45) is 2.49. The Balaban J connectivity index is 2.10. The highest BCUT2D eigenvalue weighted by atomic mass is 15.2. The number of hydrogen-bond donors (Lipinski definition) is 1. The average molecular weight is 250 g/mol. The van der Waals surface area contributed by atoms with Gasteiger partial charge in [-0.15, -0.1) is 5.10 Å². The Labute approximate surface area is 111 Å². The molecule has 0 atom stereocenters. The zero-order valence-electron chi connectivity index (χ0n) is 10.7. The SMILES string of the molecule is CNc1nnc(Cc2ccccn2)c2ccccc12. The summed E-state index contributed by atoms with van der Waals surface area (Å²) in [6.45, 7) is 0. The second kappa shape index (κ2) is 5.02. The molecule has 0 aliphatic rings. The van der Waals surface area contributed by atoms with Crippen LogP contribution in [0.3, 0.4) is 0 Å². The van der Waals surface area contributed by atoms with Crippen LogP contribution in [0.25, 0.3) is 10.8 Å². The Hall–Kier alpha value is -2.49. The molecule has 94 valence electrons. The molecule has 0 saturated carbocycles. The van der Waals surface area contributed by atoms with E-state index in [0.717, 1.165) is 28.0 Å². The van der Waals surface area contributed by atoms with Crippen molar-refractivity contribution >= 4 is 16.6 Å². The van der Waals surface area contributed by atoms with E-state index in [1.165, 1.54) is 0 Å². The Morgan fingerprint density at radius 3 is 2.47 bits per heavy atom. The Morgan fingerprint density at radius 1 is 0.947 bits per heavy atom. The molecule has 2 heterocycles. The van der Waals surface area contributed by atoms with E-state index in [0.29, 0.717) is 6.42 Å². The van der Waals surface area contributed by atoms with Crippen LogP contribution < -0.4 is 5.32 Å². The van der Waals surface area contributed by atoms with Gasteiger partial charge in [-0.3, -0.25) is 4.98 Å². The normalized spacial score (nSPS) is 10.6. The lowest BCUT2D eigenvalue weighted by atomic mass is 10.1. The molecule has 0 spiro atoms. The molecule has 0 fully saturated rings. The van der Waals surface area contributed by atoms with Crippen molar-refractivity contribution in [3.8, 4) is 0 Å². The molecule has 0 aliphatic heterocycles. The summed E-state index contributed by atoms with van der Waals surface area (Å²) in [5.41, 5.74) is 1.95. The van der Waals surface area contributed by atoms with Crippen LogP contribution in [0, 0.1) is 0 Å². The zero-order chi connectivity index (χ0) is 13.1. The molecular formula is C15H14N4. The molecule has 4 nitrogen and oxygen atoms in total. The van der Waals surface area contributed by atoms with Crippen molar-refractivity contribution in [3.05, 3.63) is 60.0 Å². The summed E-state index contributed by atoms with van der Waals surface area (Å²) in [4.78, 5) is 4.34. The van der Waals surface area contributed by atoms with Gasteiger partial charge in [0.15, 0.2) is 5.82 Å². The molecule has 0 radical (unpaired) electrons. The fourth-order valence-electron chi connectivity index (χ4n) is 2.15. The minimum absolute atomic E-state index is 0.693. The minimum atomic E-state index is 0.693.